The zero-order chi connectivity index (χ0) is 28.0. The van der Waals surface area contributed by atoms with E-state index in [1.807, 2.05) is 0 Å². The fourth-order valence-electron chi connectivity index (χ4n) is 5.36. The number of carbonyl (C=O) groups is 1. The molecule has 4 aromatic rings. The standard InChI is InChI=1S/C27H25F5N6O2/c28-18-2-1-3-21(11-18)38(26(39)17-12-37(13-17)20-4-7-27(31,32)8-5-20)15-19-14-36-9-6-16(10-22(36)33-19)24-34-35-25(40-24)23(29)30/h1-3,6,9-11,14,17,20,23H,4-5,7-8,12-13,15H2. The van der Waals surface area contributed by atoms with Crippen molar-refractivity contribution in [3.05, 3.63) is 66.2 Å². The van der Waals surface area contributed by atoms with Gasteiger partial charge in [0.2, 0.25) is 17.7 Å². The molecule has 0 atom stereocenters. The van der Waals surface area contributed by atoms with Gasteiger partial charge in [0, 0.05) is 55.6 Å². The van der Waals surface area contributed by atoms with E-state index in [1.54, 1.807) is 35.0 Å². The van der Waals surface area contributed by atoms with Gasteiger partial charge in [-0.1, -0.05) is 6.07 Å². The number of benzene rings is 1. The van der Waals surface area contributed by atoms with Crippen LogP contribution in [0.25, 0.3) is 17.1 Å². The van der Waals surface area contributed by atoms with E-state index < -0.39 is 24.1 Å². The van der Waals surface area contributed by atoms with Crippen molar-refractivity contribution in [3.63, 3.8) is 0 Å². The van der Waals surface area contributed by atoms with E-state index in [2.05, 4.69) is 20.1 Å². The van der Waals surface area contributed by atoms with E-state index in [9.17, 15) is 26.7 Å². The van der Waals surface area contributed by atoms with Gasteiger partial charge in [-0.25, -0.2) is 18.2 Å². The third kappa shape index (κ3) is 5.29. The summed E-state index contributed by atoms with van der Waals surface area (Å²) in [5.41, 5.74) is 1.75. The maximum atomic E-state index is 14.1. The molecule has 3 aromatic heterocycles. The first-order valence-electron chi connectivity index (χ1n) is 12.9. The van der Waals surface area contributed by atoms with Crippen LogP contribution in [0.1, 0.15) is 43.7 Å². The van der Waals surface area contributed by atoms with Gasteiger partial charge < -0.3 is 13.7 Å². The summed E-state index contributed by atoms with van der Waals surface area (Å²) >= 11 is 0. The number of fused-ring (bicyclic) bond motifs is 1. The molecule has 1 saturated heterocycles. The predicted octanol–water partition coefficient (Wildman–Crippen LogP) is 5.50. The summed E-state index contributed by atoms with van der Waals surface area (Å²) in [4.78, 5) is 21.7. The average Bonchev–Trinajstić information content (AvgIpc) is 3.54. The number of carbonyl (C=O) groups excluding carboxylic acids is 1. The van der Waals surface area contributed by atoms with E-state index in [1.165, 1.54) is 23.1 Å². The summed E-state index contributed by atoms with van der Waals surface area (Å²) in [6, 6.07) is 8.98. The van der Waals surface area contributed by atoms with E-state index in [-0.39, 0.29) is 43.1 Å². The lowest BCUT2D eigenvalue weighted by Gasteiger charge is -2.46. The van der Waals surface area contributed by atoms with E-state index >= 15 is 0 Å². The van der Waals surface area contributed by atoms with Gasteiger partial charge in [0.25, 0.3) is 5.89 Å². The number of likely N-dealkylation sites (tertiary alicyclic amines) is 1. The minimum absolute atomic E-state index is 0.0366. The molecular weight excluding hydrogens is 535 g/mol. The summed E-state index contributed by atoms with van der Waals surface area (Å²) in [6.45, 7) is 0.974. The molecule has 6 rings (SSSR count). The van der Waals surface area contributed by atoms with Crippen LogP contribution < -0.4 is 4.90 Å². The molecule has 1 aliphatic carbocycles. The molecule has 0 spiro atoms. The summed E-state index contributed by atoms with van der Waals surface area (Å²) in [6.07, 6.45) is 1.00. The Labute approximate surface area is 225 Å². The highest BCUT2D eigenvalue weighted by Crippen LogP contribution is 2.37. The van der Waals surface area contributed by atoms with Crippen molar-refractivity contribution >= 4 is 17.2 Å². The maximum absolute atomic E-state index is 14.1. The Kier molecular flexibility index (Phi) is 6.77. The van der Waals surface area contributed by atoms with Gasteiger partial charge in [-0.15, -0.1) is 10.2 Å². The number of amides is 1. The van der Waals surface area contributed by atoms with Gasteiger partial charge in [0.15, 0.2) is 0 Å². The highest BCUT2D eigenvalue weighted by atomic mass is 19.3. The Balaban J connectivity index is 1.20. The number of imidazole rings is 1. The summed E-state index contributed by atoms with van der Waals surface area (Å²) in [5.74, 6) is -4.51. The third-order valence-corrected chi connectivity index (χ3v) is 7.55. The molecule has 0 radical (unpaired) electrons. The molecule has 0 bridgehead atoms. The van der Waals surface area contributed by atoms with Crippen LogP contribution >= 0.6 is 0 Å². The fraction of sp³-hybridized carbons (Fsp3) is 0.407. The zero-order valence-electron chi connectivity index (χ0n) is 21.2. The van der Waals surface area contributed by atoms with Crippen LogP contribution in [0.3, 0.4) is 0 Å². The van der Waals surface area contributed by atoms with Crippen LogP contribution in [-0.2, 0) is 11.3 Å². The SMILES string of the molecule is O=C(C1CN(C2CCC(F)(F)CC2)C1)N(Cc1cn2ccc(-c3nnc(C(F)F)o3)cc2n1)c1cccc(F)c1. The monoisotopic (exact) mass is 560 g/mol. The molecule has 2 aliphatic rings. The Morgan fingerprint density at radius 2 is 1.90 bits per heavy atom. The molecule has 4 heterocycles. The molecule has 210 valence electrons. The number of aromatic nitrogens is 4. The van der Waals surface area contributed by atoms with Crippen molar-refractivity contribution in [1.29, 1.82) is 0 Å². The molecule has 40 heavy (non-hydrogen) atoms. The first-order chi connectivity index (χ1) is 19.1. The zero-order valence-corrected chi connectivity index (χ0v) is 21.2. The van der Waals surface area contributed by atoms with Gasteiger partial charge in [-0.3, -0.25) is 9.69 Å². The second-order valence-corrected chi connectivity index (χ2v) is 10.3. The molecule has 2 fully saturated rings. The number of alkyl halides is 4. The van der Waals surface area contributed by atoms with Crippen LogP contribution in [0.2, 0.25) is 0 Å². The van der Waals surface area contributed by atoms with Gasteiger partial charge in [0.1, 0.15) is 11.5 Å². The summed E-state index contributed by atoms with van der Waals surface area (Å²) < 4.78 is 73.6. The van der Waals surface area contributed by atoms with Gasteiger partial charge in [-0.05, 0) is 43.2 Å². The minimum Gasteiger partial charge on any atom is -0.415 e. The maximum Gasteiger partial charge on any atom is 0.314 e. The molecule has 0 N–H and O–H groups in total. The lowest BCUT2D eigenvalue weighted by atomic mass is 9.86. The van der Waals surface area contributed by atoms with Crippen molar-refractivity contribution in [1.82, 2.24) is 24.5 Å². The van der Waals surface area contributed by atoms with Crippen molar-refractivity contribution < 1.29 is 31.2 Å². The van der Waals surface area contributed by atoms with Crippen LogP contribution in [0, 0.1) is 11.7 Å². The molecule has 8 nitrogen and oxygen atoms in total. The van der Waals surface area contributed by atoms with Gasteiger partial charge >= 0.3 is 6.43 Å². The Bertz CT molecular complexity index is 1520. The van der Waals surface area contributed by atoms with Crippen molar-refractivity contribution in [2.24, 2.45) is 5.92 Å². The van der Waals surface area contributed by atoms with Crippen molar-refractivity contribution in [3.8, 4) is 11.5 Å². The van der Waals surface area contributed by atoms with Crippen molar-refractivity contribution in [2.75, 3.05) is 18.0 Å². The van der Waals surface area contributed by atoms with E-state index in [4.69, 9.17) is 4.42 Å². The molecular formula is C27H25F5N6O2. The molecule has 1 saturated carbocycles. The van der Waals surface area contributed by atoms with Gasteiger partial charge in [0.05, 0.1) is 18.2 Å². The number of hydrogen-bond acceptors (Lipinski definition) is 6. The van der Waals surface area contributed by atoms with Crippen molar-refractivity contribution in [2.45, 2.75) is 50.6 Å². The largest absolute Gasteiger partial charge is 0.415 e. The topological polar surface area (TPSA) is 79.8 Å². The van der Waals surface area contributed by atoms with Crippen LogP contribution in [0.4, 0.5) is 27.6 Å². The predicted molar refractivity (Wildman–Crippen MR) is 133 cm³/mol. The highest BCUT2D eigenvalue weighted by Gasteiger charge is 2.43. The Hall–Kier alpha value is -3.87. The van der Waals surface area contributed by atoms with E-state index in [0.717, 1.165) is 0 Å². The summed E-state index contributed by atoms with van der Waals surface area (Å²) in [7, 11) is 0. The minimum atomic E-state index is -2.88. The fourth-order valence-corrected chi connectivity index (χ4v) is 5.36. The summed E-state index contributed by atoms with van der Waals surface area (Å²) in [5, 5.41) is 7.00. The average molecular weight is 561 g/mol. The van der Waals surface area contributed by atoms with E-state index in [0.29, 0.717) is 48.5 Å². The molecule has 1 amide bonds. The lowest BCUT2D eigenvalue weighted by molar-refractivity contribution is -0.130. The van der Waals surface area contributed by atoms with Crippen LogP contribution in [0.5, 0.6) is 0 Å². The molecule has 1 aromatic carbocycles. The number of pyridine rings is 1. The molecule has 1 aliphatic heterocycles. The number of halogens is 5. The first kappa shape index (κ1) is 26.4. The second kappa shape index (κ2) is 10.3. The third-order valence-electron chi connectivity index (χ3n) is 7.55. The number of anilines is 1. The lowest BCUT2D eigenvalue weighted by Crippen LogP contribution is -2.58. The number of hydrogen-bond donors (Lipinski definition) is 0. The second-order valence-electron chi connectivity index (χ2n) is 10.3. The highest BCUT2D eigenvalue weighted by molar-refractivity contribution is 5.95. The first-order valence-corrected chi connectivity index (χ1v) is 12.9. The van der Waals surface area contributed by atoms with Gasteiger partial charge in [-0.2, -0.15) is 8.78 Å². The normalized spacial score (nSPS) is 18.4. The Morgan fingerprint density at radius 1 is 1.12 bits per heavy atom. The molecule has 13 heteroatoms. The number of rotatable bonds is 7. The number of nitrogens with zero attached hydrogens (tertiary/aromatic N) is 6. The molecule has 0 unspecified atom stereocenters. The van der Waals surface area contributed by atoms with Crippen LogP contribution in [-0.4, -0.2) is 55.4 Å². The quantitative estimate of drug-likeness (QED) is 0.278. The Morgan fingerprint density at radius 3 is 2.60 bits per heavy atom. The smallest absolute Gasteiger partial charge is 0.314 e. The van der Waals surface area contributed by atoms with Crippen LogP contribution in [0.15, 0.2) is 53.2 Å².